The maximum atomic E-state index is 12.5. The fourth-order valence-corrected chi connectivity index (χ4v) is 3.97. The molecule has 5 nitrogen and oxygen atoms in total. The zero-order valence-corrected chi connectivity index (χ0v) is 16.9. The van der Waals surface area contributed by atoms with E-state index in [0.29, 0.717) is 29.1 Å². The molecule has 2 rings (SSSR count). The van der Waals surface area contributed by atoms with Gasteiger partial charge in [-0.15, -0.1) is 0 Å². The first-order valence-electron chi connectivity index (χ1n) is 8.19. The summed E-state index contributed by atoms with van der Waals surface area (Å²) in [6.45, 7) is 3.97. The number of amides is 1. The van der Waals surface area contributed by atoms with Crippen LogP contribution in [0.25, 0.3) is 0 Å². The molecule has 0 bridgehead atoms. The number of aryl methyl sites for hydroxylation is 1. The highest BCUT2D eigenvalue weighted by atomic mass is 35.5. The lowest BCUT2D eigenvalue weighted by molar-refractivity contribution is 0.0954. The van der Waals surface area contributed by atoms with E-state index in [2.05, 4.69) is 5.32 Å². The average Bonchev–Trinajstić information content (AvgIpc) is 2.56. The quantitative estimate of drug-likeness (QED) is 0.818. The van der Waals surface area contributed by atoms with Crippen LogP contribution >= 0.6 is 11.6 Å². The first kappa shape index (κ1) is 20.4. The van der Waals surface area contributed by atoms with Gasteiger partial charge < -0.3 is 5.32 Å². The zero-order valence-electron chi connectivity index (χ0n) is 15.3. The van der Waals surface area contributed by atoms with Crippen molar-refractivity contribution in [2.45, 2.75) is 25.2 Å². The summed E-state index contributed by atoms with van der Waals surface area (Å²) in [7, 11) is -0.668. The molecule has 1 amide bonds. The maximum absolute atomic E-state index is 12.5. The van der Waals surface area contributed by atoms with Crippen LogP contribution in [0.5, 0.6) is 0 Å². The molecule has 2 aromatic rings. The van der Waals surface area contributed by atoms with E-state index in [0.717, 1.165) is 15.4 Å². The lowest BCUT2D eigenvalue weighted by Gasteiger charge is -2.16. The minimum absolute atomic E-state index is 0.155. The van der Waals surface area contributed by atoms with Crippen molar-refractivity contribution in [3.8, 4) is 0 Å². The van der Waals surface area contributed by atoms with E-state index in [1.807, 2.05) is 18.2 Å². The number of carbonyl (C=O) groups excluding carboxylic acids is 1. The van der Waals surface area contributed by atoms with Gasteiger partial charge in [0, 0.05) is 31.2 Å². The molecule has 1 N–H and O–H groups in total. The second kappa shape index (κ2) is 8.20. The zero-order chi connectivity index (χ0) is 19.5. The molecule has 140 valence electrons. The smallest absolute Gasteiger partial charge is 0.251 e. The van der Waals surface area contributed by atoms with Gasteiger partial charge in [0.15, 0.2) is 0 Å². The summed E-state index contributed by atoms with van der Waals surface area (Å²) in [6.07, 6.45) is 0.639. The molecular formula is C19H23ClN2O3S. The number of nitrogens with zero attached hydrogens (tertiary/aromatic N) is 1. The van der Waals surface area contributed by atoms with Gasteiger partial charge >= 0.3 is 0 Å². The second-order valence-electron chi connectivity index (χ2n) is 6.34. The van der Waals surface area contributed by atoms with Crippen molar-refractivity contribution in [2.24, 2.45) is 0 Å². The van der Waals surface area contributed by atoms with Crippen molar-refractivity contribution in [3.63, 3.8) is 0 Å². The first-order chi connectivity index (χ1) is 12.1. The molecule has 0 spiro atoms. The molecule has 7 heteroatoms. The SMILES string of the molecule is Cc1cc(C(=O)NCCc2cccc(Cl)c2)cc(S(=O)(=O)N(C)C)c1C. The normalized spacial score (nSPS) is 11.6. The third-order valence-corrected chi connectivity index (χ3v) is 6.41. The van der Waals surface area contributed by atoms with Gasteiger partial charge in [-0.2, -0.15) is 0 Å². The number of rotatable bonds is 6. The van der Waals surface area contributed by atoms with E-state index < -0.39 is 10.0 Å². The molecule has 0 atom stereocenters. The Labute approximate surface area is 160 Å². The molecule has 0 aliphatic rings. The van der Waals surface area contributed by atoms with Crippen molar-refractivity contribution in [1.82, 2.24) is 9.62 Å². The van der Waals surface area contributed by atoms with Crippen molar-refractivity contribution >= 4 is 27.5 Å². The fourth-order valence-electron chi connectivity index (χ4n) is 2.54. The third-order valence-electron chi connectivity index (χ3n) is 4.23. The number of carbonyl (C=O) groups is 1. The standard InChI is InChI=1S/C19H23ClN2O3S/c1-13-10-16(12-18(14(13)2)26(24,25)22(3)4)19(23)21-9-8-15-6-5-7-17(20)11-15/h5-7,10-12H,8-9H2,1-4H3,(H,21,23). The van der Waals surface area contributed by atoms with Crippen LogP contribution in [-0.2, 0) is 16.4 Å². The van der Waals surface area contributed by atoms with Crippen LogP contribution in [0.15, 0.2) is 41.3 Å². The minimum atomic E-state index is -3.62. The van der Waals surface area contributed by atoms with Crippen LogP contribution in [0.3, 0.4) is 0 Å². The van der Waals surface area contributed by atoms with E-state index in [-0.39, 0.29) is 10.8 Å². The molecule has 26 heavy (non-hydrogen) atoms. The van der Waals surface area contributed by atoms with Gasteiger partial charge in [-0.3, -0.25) is 4.79 Å². The Morgan fingerprint density at radius 2 is 1.85 bits per heavy atom. The average molecular weight is 395 g/mol. The highest BCUT2D eigenvalue weighted by Crippen LogP contribution is 2.23. The predicted octanol–water partition coefficient (Wildman–Crippen LogP) is 3.18. The van der Waals surface area contributed by atoms with Crippen molar-refractivity contribution < 1.29 is 13.2 Å². The van der Waals surface area contributed by atoms with E-state index in [1.54, 1.807) is 26.0 Å². The Morgan fingerprint density at radius 1 is 1.15 bits per heavy atom. The van der Waals surface area contributed by atoms with Crippen LogP contribution in [0.1, 0.15) is 27.0 Å². The van der Waals surface area contributed by atoms with Crippen LogP contribution < -0.4 is 5.32 Å². The number of benzene rings is 2. The van der Waals surface area contributed by atoms with Crippen LogP contribution in [-0.4, -0.2) is 39.3 Å². The molecule has 0 saturated heterocycles. The number of sulfonamides is 1. The van der Waals surface area contributed by atoms with Gasteiger partial charge in [-0.1, -0.05) is 23.7 Å². The van der Waals surface area contributed by atoms with Gasteiger partial charge in [0.2, 0.25) is 10.0 Å². The first-order valence-corrected chi connectivity index (χ1v) is 10.0. The molecule has 0 aliphatic carbocycles. The predicted molar refractivity (Wildman–Crippen MR) is 104 cm³/mol. The summed E-state index contributed by atoms with van der Waals surface area (Å²) >= 11 is 5.95. The van der Waals surface area contributed by atoms with E-state index in [9.17, 15) is 13.2 Å². The number of hydrogen-bond acceptors (Lipinski definition) is 3. The largest absolute Gasteiger partial charge is 0.352 e. The van der Waals surface area contributed by atoms with Gasteiger partial charge in [0.1, 0.15) is 0 Å². The molecular weight excluding hydrogens is 372 g/mol. The van der Waals surface area contributed by atoms with Crippen LogP contribution in [0, 0.1) is 13.8 Å². The molecule has 0 saturated carbocycles. The number of nitrogens with one attached hydrogen (secondary N) is 1. The van der Waals surface area contributed by atoms with Gasteiger partial charge in [0.05, 0.1) is 4.90 Å². The summed E-state index contributed by atoms with van der Waals surface area (Å²) in [5, 5.41) is 3.49. The Hall–Kier alpha value is -1.89. The molecule has 0 heterocycles. The van der Waals surface area contributed by atoms with Crippen LogP contribution in [0.4, 0.5) is 0 Å². The maximum Gasteiger partial charge on any atom is 0.251 e. The van der Waals surface area contributed by atoms with Crippen molar-refractivity contribution in [1.29, 1.82) is 0 Å². The number of hydrogen-bond donors (Lipinski definition) is 1. The molecule has 0 radical (unpaired) electrons. The Balaban J connectivity index is 2.17. The van der Waals surface area contributed by atoms with E-state index >= 15 is 0 Å². The van der Waals surface area contributed by atoms with Gasteiger partial charge in [0.25, 0.3) is 5.91 Å². The molecule has 0 unspecified atom stereocenters. The second-order valence-corrected chi connectivity index (χ2v) is 8.90. The molecule has 0 fully saturated rings. The highest BCUT2D eigenvalue weighted by Gasteiger charge is 2.22. The third kappa shape index (κ3) is 4.63. The van der Waals surface area contributed by atoms with Gasteiger partial charge in [-0.05, 0) is 61.2 Å². The Kier molecular flexibility index (Phi) is 6.44. The molecule has 2 aromatic carbocycles. The monoisotopic (exact) mass is 394 g/mol. The number of halogens is 1. The summed E-state index contributed by atoms with van der Waals surface area (Å²) in [6, 6.07) is 10.6. The Morgan fingerprint density at radius 3 is 2.46 bits per heavy atom. The summed E-state index contributed by atoms with van der Waals surface area (Å²) in [5.41, 5.74) is 2.76. The van der Waals surface area contributed by atoms with Crippen molar-refractivity contribution in [3.05, 3.63) is 63.7 Å². The summed E-state index contributed by atoms with van der Waals surface area (Å²) in [4.78, 5) is 12.6. The van der Waals surface area contributed by atoms with E-state index in [1.165, 1.54) is 20.2 Å². The summed E-state index contributed by atoms with van der Waals surface area (Å²) in [5.74, 6) is -0.301. The highest BCUT2D eigenvalue weighted by molar-refractivity contribution is 7.89. The lowest BCUT2D eigenvalue weighted by atomic mass is 10.1. The lowest BCUT2D eigenvalue weighted by Crippen LogP contribution is -2.27. The fraction of sp³-hybridized carbons (Fsp3) is 0.316. The molecule has 0 aromatic heterocycles. The van der Waals surface area contributed by atoms with Crippen molar-refractivity contribution in [2.75, 3.05) is 20.6 Å². The Bertz CT molecular complexity index is 924. The molecule has 0 aliphatic heterocycles. The minimum Gasteiger partial charge on any atom is -0.352 e. The van der Waals surface area contributed by atoms with Gasteiger partial charge in [-0.25, -0.2) is 12.7 Å². The topological polar surface area (TPSA) is 66.5 Å². The van der Waals surface area contributed by atoms with E-state index in [4.69, 9.17) is 11.6 Å². The van der Waals surface area contributed by atoms with Crippen LogP contribution in [0.2, 0.25) is 5.02 Å². The summed E-state index contributed by atoms with van der Waals surface area (Å²) < 4.78 is 26.1.